The summed E-state index contributed by atoms with van der Waals surface area (Å²) in [6.07, 6.45) is 1.57. The van der Waals surface area contributed by atoms with Crippen molar-refractivity contribution < 1.29 is 13.6 Å². The van der Waals surface area contributed by atoms with Gasteiger partial charge in [-0.2, -0.15) is 8.78 Å². The van der Waals surface area contributed by atoms with Crippen LogP contribution in [-0.2, 0) is 4.79 Å². The summed E-state index contributed by atoms with van der Waals surface area (Å²) in [6.45, 7) is 7.01. The van der Waals surface area contributed by atoms with Crippen LogP contribution in [0.5, 0.6) is 0 Å². The van der Waals surface area contributed by atoms with Gasteiger partial charge in [0.2, 0.25) is 0 Å². The first-order valence-electron chi connectivity index (χ1n) is 5.12. The minimum Gasteiger partial charge on any atom is -0.289 e. The SMILES string of the molecule is CC(C)C1=CC(F)(F)C=C(C(C)C)C1=O. The molecule has 84 valence electrons. The van der Waals surface area contributed by atoms with Crippen LogP contribution in [0, 0.1) is 11.8 Å². The van der Waals surface area contributed by atoms with Crippen molar-refractivity contribution in [2.24, 2.45) is 11.8 Å². The van der Waals surface area contributed by atoms with Crippen LogP contribution in [0.25, 0.3) is 0 Å². The fourth-order valence-electron chi connectivity index (χ4n) is 1.61. The number of hydrogen-bond donors (Lipinski definition) is 0. The highest BCUT2D eigenvalue weighted by Crippen LogP contribution is 2.33. The highest BCUT2D eigenvalue weighted by Gasteiger charge is 2.35. The highest BCUT2D eigenvalue weighted by molar-refractivity contribution is 6.10. The second kappa shape index (κ2) is 3.87. The lowest BCUT2D eigenvalue weighted by atomic mass is 9.83. The molecule has 0 saturated carbocycles. The normalized spacial score (nSPS) is 20.7. The minimum absolute atomic E-state index is 0.161. The van der Waals surface area contributed by atoms with Crippen LogP contribution in [0.3, 0.4) is 0 Å². The number of alkyl halides is 2. The Hall–Kier alpha value is -0.990. The molecular weight excluding hydrogens is 198 g/mol. The van der Waals surface area contributed by atoms with Crippen LogP contribution >= 0.6 is 0 Å². The molecule has 0 radical (unpaired) electrons. The van der Waals surface area contributed by atoms with E-state index in [-0.39, 0.29) is 28.8 Å². The molecule has 0 spiro atoms. The maximum atomic E-state index is 13.3. The molecular formula is C12H16F2O. The van der Waals surface area contributed by atoms with Crippen LogP contribution in [-0.4, -0.2) is 11.7 Å². The molecule has 0 atom stereocenters. The Balaban J connectivity index is 3.17. The first-order chi connectivity index (χ1) is 6.74. The molecule has 1 aliphatic carbocycles. The van der Waals surface area contributed by atoms with Gasteiger partial charge in [0.15, 0.2) is 5.78 Å². The van der Waals surface area contributed by atoms with Crippen LogP contribution in [0.2, 0.25) is 0 Å². The van der Waals surface area contributed by atoms with E-state index in [1.807, 2.05) is 0 Å². The molecule has 1 rings (SSSR count). The summed E-state index contributed by atoms with van der Waals surface area (Å²) >= 11 is 0. The second-order valence-electron chi connectivity index (χ2n) is 4.51. The summed E-state index contributed by atoms with van der Waals surface area (Å²) in [5, 5.41) is 0. The maximum Gasteiger partial charge on any atom is 0.286 e. The summed E-state index contributed by atoms with van der Waals surface area (Å²) in [5.41, 5.74) is 0.456. The van der Waals surface area contributed by atoms with Gasteiger partial charge in [-0.15, -0.1) is 0 Å². The van der Waals surface area contributed by atoms with Gasteiger partial charge < -0.3 is 0 Å². The molecule has 0 saturated heterocycles. The van der Waals surface area contributed by atoms with Crippen molar-refractivity contribution in [3.05, 3.63) is 23.3 Å². The third-order valence-electron chi connectivity index (χ3n) is 2.46. The van der Waals surface area contributed by atoms with Gasteiger partial charge in [0.05, 0.1) is 0 Å². The molecule has 1 aliphatic rings. The van der Waals surface area contributed by atoms with Gasteiger partial charge in [0.1, 0.15) is 0 Å². The van der Waals surface area contributed by atoms with Crippen molar-refractivity contribution >= 4 is 5.78 Å². The molecule has 0 aliphatic heterocycles. The molecule has 0 N–H and O–H groups in total. The Morgan fingerprint density at radius 2 is 1.33 bits per heavy atom. The predicted molar refractivity (Wildman–Crippen MR) is 55.8 cm³/mol. The van der Waals surface area contributed by atoms with Gasteiger partial charge in [0, 0.05) is 11.1 Å². The molecule has 0 aromatic heterocycles. The Kier molecular flexibility index (Phi) is 3.12. The predicted octanol–water partition coefficient (Wildman–Crippen LogP) is 3.37. The number of rotatable bonds is 2. The number of ketones is 1. The monoisotopic (exact) mass is 214 g/mol. The lowest BCUT2D eigenvalue weighted by Crippen LogP contribution is -2.26. The lowest BCUT2D eigenvalue weighted by Gasteiger charge is -2.23. The first kappa shape index (κ1) is 12.1. The standard InChI is InChI=1S/C12H16F2O/c1-7(2)9-5-12(13,14)6-10(8(3)4)11(9)15/h5-8H,1-4H3. The van der Waals surface area contributed by atoms with Gasteiger partial charge in [-0.05, 0) is 24.0 Å². The Morgan fingerprint density at radius 1 is 1.00 bits per heavy atom. The van der Waals surface area contributed by atoms with E-state index in [4.69, 9.17) is 0 Å². The molecule has 1 nitrogen and oxygen atoms in total. The van der Waals surface area contributed by atoms with Gasteiger partial charge in [0.25, 0.3) is 5.92 Å². The Bertz CT molecular complexity index is 306. The van der Waals surface area contributed by atoms with E-state index in [1.54, 1.807) is 27.7 Å². The third-order valence-corrected chi connectivity index (χ3v) is 2.46. The van der Waals surface area contributed by atoms with Gasteiger partial charge in [-0.1, -0.05) is 27.7 Å². The second-order valence-corrected chi connectivity index (χ2v) is 4.51. The molecule has 0 heterocycles. The zero-order valence-electron chi connectivity index (χ0n) is 9.47. The maximum absolute atomic E-state index is 13.3. The molecule has 0 bridgehead atoms. The molecule has 0 aromatic rings. The highest BCUT2D eigenvalue weighted by atomic mass is 19.3. The molecule has 0 aromatic carbocycles. The summed E-state index contributed by atoms with van der Waals surface area (Å²) in [4.78, 5) is 11.8. The quantitative estimate of drug-likeness (QED) is 0.688. The summed E-state index contributed by atoms with van der Waals surface area (Å²) in [5.74, 6) is -3.53. The van der Waals surface area contributed by atoms with Crippen molar-refractivity contribution in [1.82, 2.24) is 0 Å². The van der Waals surface area contributed by atoms with E-state index < -0.39 is 5.92 Å². The number of allylic oxidation sites excluding steroid dienone is 4. The topological polar surface area (TPSA) is 17.1 Å². The van der Waals surface area contributed by atoms with Gasteiger partial charge in [-0.3, -0.25) is 4.79 Å². The third kappa shape index (κ3) is 2.52. The Morgan fingerprint density at radius 3 is 1.60 bits per heavy atom. The van der Waals surface area contributed by atoms with E-state index in [0.29, 0.717) is 0 Å². The average molecular weight is 214 g/mol. The molecule has 3 heteroatoms. The fourth-order valence-corrected chi connectivity index (χ4v) is 1.61. The molecule has 15 heavy (non-hydrogen) atoms. The molecule has 0 unspecified atom stereocenters. The van der Waals surface area contributed by atoms with Gasteiger partial charge in [-0.25, -0.2) is 0 Å². The zero-order chi connectivity index (χ0) is 11.8. The summed E-state index contributed by atoms with van der Waals surface area (Å²) in [7, 11) is 0. The number of halogens is 2. The van der Waals surface area contributed by atoms with E-state index >= 15 is 0 Å². The number of carbonyl (C=O) groups is 1. The Labute approximate surface area is 88.9 Å². The average Bonchev–Trinajstić information content (AvgIpc) is 2.07. The first-order valence-corrected chi connectivity index (χ1v) is 5.12. The minimum atomic E-state index is -2.98. The van der Waals surface area contributed by atoms with Crippen LogP contribution in [0.1, 0.15) is 27.7 Å². The number of Topliss-reactive ketones (excluding diaryl/α,β-unsaturated/α-hetero) is 1. The number of hydrogen-bond acceptors (Lipinski definition) is 1. The van der Waals surface area contributed by atoms with Crippen LogP contribution in [0.15, 0.2) is 23.3 Å². The van der Waals surface area contributed by atoms with E-state index in [9.17, 15) is 13.6 Å². The van der Waals surface area contributed by atoms with Crippen molar-refractivity contribution in [2.45, 2.75) is 33.6 Å². The fraction of sp³-hybridized carbons (Fsp3) is 0.583. The van der Waals surface area contributed by atoms with Crippen molar-refractivity contribution in [3.63, 3.8) is 0 Å². The zero-order valence-corrected chi connectivity index (χ0v) is 9.47. The molecule has 0 fully saturated rings. The van der Waals surface area contributed by atoms with E-state index in [2.05, 4.69) is 0 Å². The van der Waals surface area contributed by atoms with Gasteiger partial charge >= 0.3 is 0 Å². The summed E-state index contributed by atoms with van der Waals surface area (Å²) < 4.78 is 26.6. The van der Waals surface area contributed by atoms with Crippen molar-refractivity contribution in [3.8, 4) is 0 Å². The lowest BCUT2D eigenvalue weighted by molar-refractivity contribution is -0.113. The van der Waals surface area contributed by atoms with Crippen molar-refractivity contribution in [2.75, 3.05) is 0 Å². The van der Waals surface area contributed by atoms with Crippen LogP contribution in [0.4, 0.5) is 8.78 Å². The van der Waals surface area contributed by atoms with Crippen molar-refractivity contribution in [1.29, 1.82) is 0 Å². The molecule has 0 amide bonds. The summed E-state index contributed by atoms with van der Waals surface area (Å²) in [6, 6.07) is 0. The smallest absolute Gasteiger partial charge is 0.286 e. The van der Waals surface area contributed by atoms with E-state index in [1.165, 1.54) is 0 Å². The van der Waals surface area contributed by atoms with E-state index in [0.717, 1.165) is 12.2 Å². The van der Waals surface area contributed by atoms with Crippen LogP contribution < -0.4 is 0 Å². The number of carbonyl (C=O) groups excluding carboxylic acids is 1. The largest absolute Gasteiger partial charge is 0.289 e.